The summed E-state index contributed by atoms with van der Waals surface area (Å²) in [5.74, 6) is 1.75. The van der Waals surface area contributed by atoms with Crippen LogP contribution in [0.1, 0.15) is 25.7 Å². The van der Waals surface area contributed by atoms with Crippen LogP contribution in [0, 0.1) is 5.92 Å². The molecule has 2 nitrogen and oxygen atoms in total. The molecule has 2 N–H and O–H groups in total. The van der Waals surface area contributed by atoms with Crippen LogP contribution in [-0.4, -0.2) is 16.8 Å². The number of hydrogen-bond acceptors (Lipinski definition) is 4. The van der Waals surface area contributed by atoms with Gasteiger partial charge >= 0.3 is 0 Å². The summed E-state index contributed by atoms with van der Waals surface area (Å²) in [7, 11) is 0. The zero-order valence-electron chi connectivity index (χ0n) is 10.3. The fourth-order valence-electron chi connectivity index (χ4n) is 2.60. The normalized spacial score (nSPS) is 18.5. The Labute approximate surface area is 116 Å². The first-order chi connectivity index (χ1) is 8.83. The van der Waals surface area contributed by atoms with Crippen molar-refractivity contribution in [1.29, 1.82) is 0 Å². The Morgan fingerprint density at radius 3 is 2.89 bits per heavy atom. The van der Waals surface area contributed by atoms with Crippen molar-refractivity contribution in [3.63, 3.8) is 0 Å². The minimum atomic E-state index is 0.338. The quantitative estimate of drug-likeness (QED) is 0.862. The zero-order chi connectivity index (χ0) is 12.4. The van der Waals surface area contributed by atoms with Crippen LogP contribution in [0.3, 0.4) is 0 Å². The van der Waals surface area contributed by atoms with Crippen LogP contribution in [-0.2, 0) is 0 Å². The van der Waals surface area contributed by atoms with E-state index < -0.39 is 0 Å². The van der Waals surface area contributed by atoms with Crippen LogP contribution in [0.25, 0.3) is 10.2 Å². The van der Waals surface area contributed by atoms with Crippen LogP contribution < -0.4 is 5.73 Å². The third-order valence-corrected chi connectivity index (χ3v) is 6.00. The molecule has 1 aromatic heterocycles. The number of thiazole rings is 1. The lowest BCUT2D eigenvalue weighted by atomic mass is 10.0. The van der Waals surface area contributed by atoms with E-state index in [0.29, 0.717) is 6.04 Å². The maximum Gasteiger partial charge on any atom is 0.151 e. The van der Waals surface area contributed by atoms with Gasteiger partial charge in [-0.3, -0.25) is 0 Å². The average molecular weight is 278 g/mol. The molecule has 18 heavy (non-hydrogen) atoms. The Kier molecular flexibility index (Phi) is 3.87. The molecule has 4 heteroatoms. The molecule has 1 fully saturated rings. The first kappa shape index (κ1) is 12.5. The van der Waals surface area contributed by atoms with Gasteiger partial charge in [0.05, 0.1) is 10.2 Å². The molecule has 1 heterocycles. The van der Waals surface area contributed by atoms with Gasteiger partial charge in [-0.1, -0.05) is 36.7 Å². The maximum absolute atomic E-state index is 6.28. The van der Waals surface area contributed by atoms with Gasteiger partial charge in [-0.2, -0.15) is 0 Å². The molecule has 1 aliphatic carbocycles. The van der Waals surface area contributed by atoms with E-state index in [1.807, 2.05) is 17.8 Å². The molecule has 0 amide bonds. The monoisotopic (exact) mass is 278 g/mol. The van der Waals surface area contributed by atoms with Gasteiger partial charge in [0.2, 0.25) is 0 Å². The van der Waals surface area contributed by atoms with Crippen LogP contribution in [0.5, 0.6) is 0 Å². The summed E-state index contributed by atoms with van der Waals surface area (Å²) in [6.07, 6.45) is 5.37. The average Bonchev–Trinajstić information content (AvgIpc) is 3.04. The predicted molar refractivity (Wildman–Crippen MR) is 80.3 cm³/mol. The van der Waals surface area contributed by atoms with Gasteiger partial charge in [-0.05, 0) is 30.9 Å². The van der Waals surface area contributed by atoms with E-state index in [9.17, 15) is 0 Å². The molecule has 2 aromatic rings. The van der Waals surface area contributed by atoms with E-state index >= 15 is 0 Å². The first-order valence-electron chi connectivity index (χ1n) is 6.57. The summed E-state index contributed by atoms with van der Waals surface area (Å²) in [4.78, 5) is 4.64. The fraction of sp³-hybridized carbons (Fsp3) is 0.500. The van der Waals surface area contributed by atoms with Crippen molar-refractivity contribution in [2.24, 2.45) is 11.7 Å². The number of fused-ring (bicyclic) bond motifs is 1. The summed E-state index contributed by atoms with van der Waals surface area (Å²) in [6.45, 7) is 0. The Balaban J connectivity index is 1.62. The van der Waals surface area contributed by atoms with Crippen molar-refractivity contribution in [1.82, 2.24) is 4.98 Å². The number of nitrogens with zero attached hydrogens (tertiary/aromatic N) is 1. The number of hydrogen-bond donors (Lipinski definition) is 1. The van der Waals surface area contributed by atoms with Crippen molar-refractivity contribution in [2.45, 2.75) is 36.1 Å². The van der Waals surface area contributed by atoms with E-state index in [0.717, 1.165) is 21.5 Å². The number of rotatable bonds is 4. The molecule has 3 rings (SSSR count). The van der Waals surface area contributed by atoms with Gasteiger partial charge in [0.25, 0.3) is 0 Å². The lowest BCUT2D eigenvalue weighted by Crippen LogP contribution is -2.30. The molecule has 0 saturated heterocycles. The Morgan fingerprint density at radius 2 is 2.11 bits per heavy atom. The number of benzene rings is 1. The van der Waals surface area contributed by atoms with Crippen molar-refractivity contribution < 1.29 is 0 Å². The van der Waals surface area contributed by atoms with Crippen LogP contribution in [0.4, 0.5) is 0 Å². The fourth-order valence-corrected chi connectivity index (χ4v) is 4.78. The van der Waals surface area contributed by atoms with E-state index in [1.54, 1.807) is 11.3 Å². The molecule has 1 aliphatic rings. The largest absolute Gasteiger partial charge is 0.327 e. The Hall–Kier alpha value is -0.580. The summed E-state index contributed by atoms with van der Waals surface area (Å²) in [6, 6.07) is 8.66. The topological polar surface area (TPSA) is 38.9 Å². The molecule has 96 valence electrons. The number of para-hydroxylation sites is 1. The van der Waals surface area contributed by atoms with Gasteiger partial charge in [-0.25, -0.2) is 4.98 Å². The van der Waals surface area contributed by atoms with Crippen LogP contribution in [0.15, 0.2) is 28.6 Å². The van der Waals surface area contributed by atoms with Gasteiger partial charge in [0, 0.05) is 11.8 Å². The lowest BCUT2D eigenvalue weighted by Gasteiger charge is -2.17. The molecule has 1 unspecified atom stereocenters. The summed E-state index contributed by atoms with van der Waals surface area (Å²) in [5.41, 5.74) is 7.39. The van der Waals surface area contributed by atoms with E-state index in [-0.39, 0.29) is 0 Å². The third-order valence-electron chi connectivity index (χ3n) is 3.68. The molecule has 1 saturated carbocycles. The third kappa shape index (κ3) is 2.71. The van der Waals surface area contributed by atoms with Crippen molar-refractivity contribution >= 4 is 33.3 Å². The molecule has 0 spiro atoms. The second-order valence-corrected chi connectivity index (χ2v) is 7.26. The first-order valence-corrected chi connectivity index (χ1v) is 8.37. The lowest BCUT2D eigenvalue weighted by molar-refractivity contribution is 0.463. The minimum Gasteiger partial charge on any atom is -0.327 e. The highest BCUT2D eigenvalue weighted by atomic mass is 32.2. The van der Waals surface area contributed by atoms with Crippen molar-refractivity contribution in [3.05, 3.63) is 24.3 Å². The molecule has 0 bridgehead atoms. The number of nitrogens with two attached hydrogens (primary N) is 1. The molecule has 1 atom stereocenters. The van der Waals surface area contributed by atoms with Gasteiger partial charge < -0.3 is 5.73 Å². The van der Waals surface area contributed by atoms with E-state index in [2.05, 4.69) is 23.2 Å². The Morgan fingerprint density at radius 1 is 1.33 bits per heavy atom. The smallest absolute Gasteiger partial charge is 0.151 e. The second kappa shape index (κ2) is 5.59. The Bertz CT molecular complexity index is 484. The highest BCUT2D eigenvalue weighted by Gasteiger charge is 2.22. The minimum absolute atomic E-state index is 0.338. The summed E-state index contributed by atoms with van der Waals surface area (Å²) < 4.78 is 2.43. The summed E-state index contributed by atoms with van der Waals surface area (Å²) >= 11 is 3.60. The second-order valence-electron chi connectivity index (χ2n) is 4.97. The van der Waals surface area contributed by atoms with Gasteiger partial charge in [0.15, 0.2) is 4.34 Å². The SMILES string of the molecule is NC(CSc1nc2ccccc2s1)C1CCCC1. The van der Waals surface area contributed by atoms with Crippen LogP contribution >= 0.6 is 23.1 Å². The molecular formula is C14H18N2S2. The molecule has 0 aliphatic heterocycles. The number of thioether (sulfide) groups is 1. The highest BCUT2D eigenvalue weighted by molar-refractivity contribution is 8.01. The molecular weight excluding hydrogens is 260 g/mol. The van der Waals surface area contributed by atoms with Crippen molar-refractivity contribution in [2.75, 3.05) is 5.75 Å². The predicted octanol–water partition coefficient (Wildman–Crippen LogP) is 3.91. The standard InChI is InChI=1S/C14H18N2S2/c15-11(10-5-1-2-6-10)9-17-14-16-12-7-3-4-8-13(12)18-14/h3-4,7-8,10-11H,1-2,5-6,9,15H2. The highest BCUT2D eigenvalue weighted by Crippen LogP contribution is 2.32. The van der Waals surface area contributed by atoms with Crippen LogP contribution in [0.2, 0.25) is 0 Å². The maximum atomic E-state index is 6.28. The molecule has 1 aromatic carbocycles. The van der Waals surface area contributed by atoms with Gasteiger partial charge in [-0.15, -0.1) is 11.3 Å². The zero-order valence-corrected chi connectivity index (χ0v) is 12.0. The van der Waals surface area contributed by atoms with E-state index in [1.165, 1.54) is 30.4 Å². The van der Waals surface area contributed by atoms with E-state index in [4.69, 9.17) is 5.73 Å². The van der Waals surface area contributed by atoms with Gasteiger partial charge in [0.1, 0.15) is 0 Å². The summed E-state index contributed by atoms with van der Waals surface area (Å²) in [5, 5.41) is 0. The number of aromatic nitrogens is 1. The van der Waals surface area contributed by atoms with Crippen molar-refractivity contribution in [3.8, 4) is 0 Å². The molecule has 0 radical (unpaired) electrons.